The molecule has 0 aromatic rings. The third-order valence-corrected chi connectivity index (χ3v) is 3.54. The predicted molar refractivity (Wildman–Crippen MR) is 57.8 cm³/mol. The van der Waals surface area contributed by atoms with E-state index in [1.54, 1.807) is 0 Å². The van der Waals surface area contributed by atoms with Crippen molar-refractivity contribution in [3.8, 4) is 0 Å². The molecule has 0 spiro atoms. The second-order valence-electron chi connectivity index (χ2n) is 4.84. The van der Waals surface area contributed by atoms with Crippen LogP contribution in [0, 0.1) is 11.3 Å². The second kappa shape index (κ2) is 4.30. The van der Waals surface area contributed by atoms with Crippen LogP contribution >= 0.6 is 0 Å². The molecule has 1 rings (SSSR count). The van der Waals surface area contributed by atoms with Crippen LogP contribution in [-0.4, -0.2) is 18.5 Å². The van der Waals surface area contributed by atoms with Crippen molar-refractivity contribution in [2.75, 3.05) is 6.54 Å². The first-order chi connectivity index (χ1) is 6.52. The molecule has 1 unspecified atom stereocenters. The number of nitrogens with two attached hydrogens (primary N) is 1. The SMILES string of the molecule is CC(C)C(C)NC(=O)C1(CN)CCC1. The molecule has 0 aliphatic heterocycles. The Morgan fingerprint density at radius 3 is 2.29 bits per heavy atom. The molecule has 0 heterocycles. The molecule has 1 atom stereocenters. The number of hydrogen-bond donors (Lipinski definition) is 2. The third kappa shape index (κ3) is 2.08. The first-order valence-electron chi connectivity index (χ1n) is 5.53. The van der Waals surface area contributed by atoms with Crippen LogP contribution in [0.15, 0.2) is 0 Å². The van der Waals surface area contributed by atoms with Gasteiger partial charge in [0.15, 0.2) is 0 Å². The minimum atomic E-state index is -0.233. The maximum atomic E-state index is 11.9. The average Bonchev–Trinajstić information content (AvgIpc) is 2.02. The molecule has 3 heteroatoms. The van der Waals surface area contributed by atoms with Gasteiger partial charge in [0.2, 0.25) is 5.91 Å². The van der Waals surface area contributed by atoms with E-state index in [9.17, 15) is 4.79 Å². The van der Waals surface area contributed by atoms with Crippen molar-refractivity contribution in [3.05, 3.63) is 0 Å². The minimum absolute atomic E-state index is 0.160. The van der Waals surface area contributed by atoms with Crippen LogP contribution in [0.1, 0.15) is 40.0 Å². The van der Waals surface area contributed by atoms with Crippen molar-refractivity contribution in [2.24, 2.45) is 17.1 Å². The van der Waals surface area contributed by atoms with Gasteiger partial charge in [-0.05, 0) is 25.7 Å². The Labute approximate surface area is 86.4 Å². The molecule has 14 heavy (non-hydrogen) atoms. The van der Waals surface area contributed by atoms with Crippen molar-refractivity contribution in [3.63, 3.8) is 0 Å². The van der Waals surface area contributed by atoms with Gasteiger partial charge in [-0.15, -0.1) is 0 Å². The van der Waals surface area contributed by atoms with E-state index >= 15 is 0 Å². The topological polar surface area (TPSA) is 55.1 Å². The van der Waals surface area contributed by atoms with Gasteiger partial charge in [-0.1, -0.05) is 20.3 Å². The number of carbonyl (C=O) groups is 1. The Kier molecular flexibility index (Phi) is 3.53. The van der Waals surface area contributed by atoms with E-state index in [2.05, 4.69) is 19.2 Å². The summed E-state index contributed by atoms with van der Waals surface area (Å²) in [6.45, 7) is 6.76. The lowest BCUT2D eigenvalue weighted by Crippen LogP contribution is -2.53. The highest BCUT2D eigenvalue weighted by Crippen LogP contribution is 2.40. The standard InChI is InChI=1S/C11H22N2O/c1-8(2)9(3)13-10(14)11(7-12)5-4-6-11/h8-9H,4-7,12H2,1-3H3,(H,13,14). The Morgan fingerprint density at radius 1 is 1.43 bits per heavy atom. The highest BCUT2D eigenvalue weighted by molar-refractivity contribution is 5.84. The number of rotatable bonds is 4. The van der Waals surface area contributed by atoms with Crippen LogP contribution < -0.4 is 11.1 Å². The van der Waals surface area contributed by atoms with E-state index in [0.717, 1.165) is 19.3 Å². The molecule has 3 N–H and O–H groups in total. The number of hydrogen-bond acceptors (Lipinski definition) is 2. The molecule has 0 aromatic heterocycles. The van der Waals surface area contributed by atoms with Crippen LogP contribution in [-0.2, 0) is 4.79 Å². The zero-order valence-corrected chi connectivity index (χ0v) is 9.47. The summed E-state index contributed by atoms with van der Waals surface area (Å²) in [4.78, 5) is 11.9. The second-order valence-corrected chi connectivity index (χ2v) is 4.84. The molecule has 0 saturated heterocycles. The fourth-order valence-electron chi connectivity index (χ4n) is 1.65. The van der Waals surface area contributed by atoms with E-state index in [1.807, 2.05) is 6.92 Å². The normalized spacial score (nSPS) is 21.5. The summed E-state index contributed by atoms with van der Waals surface area (Å²) >= 11 is 0. The Bertz CT molecular complexity index is 204. The molecule has 1 aliphatic carbocycles. The number of nitrogens with one attached hydrogen (secondary N) is 1. The van der Waals surface area contributed by atoms with Gasteiger partial charge in [0, 0.05) is 12.6 Å². The fraction of sp³-hybridized carbons (Fsp3) is 0.909. The molecular weight excluding hydrogens is 176 g/mol. The summed E-state index contributed by atoms with van der Waals surface area (Å²) < 4.78 is 0. The van der Waals surface area contributed by atoms with Crippen molar-refractivity contribution in [1.29, 1.82) is 0 Å². The zero-order valence-electron chi connectivity index (χ0n) is 9.47. The van der Waals surface area contributed by atoms with Gasteiger partial charge < -0.3 is 11.1 Å². The van der Waals surface area contributed by atoms with Gasteiger partial charge in [0.25, 0.3) is 0 Å². The van der Waals surface area contributed by atoms with Gasteiger partial charge in [-0.3, -0.25) is 4.79 Å². The van der Waals surface area contributed by atoms with E-state index in [0.29, 0.717) is 12.5 Å². The Hall–Kier alpha value is -0.570. The zero-order chi connectivity index (χ0) is 10.8. The summed E-state index contributed by atoms with van der Waals surface area (Å²) in [6.07, 6.45) is 3.06. The molecular formula is C11H22N2O. The highest BCUT2D eigenvalue weighted by atomic mass is 16.2. The minimum Gasteiger partial charge on any atom is -0.353 e. The summed E-state index contributed by atoms with van der Waals surface area (Å²) in [6, 6.07) is 0.242. The lowest BCUT2D eigenvalue weighted by atomic mass is 9.68. The quantitative estimate of drug-likeness (QED) is 0.715. The summed E-state index contributed by atoms with van der Waals surface area (Å²) in [5.74, 6) is 0.640. The Balaban J connectivity index is 2.48. The van der Waals surface area contributed by atoms with E-state index in [-0.39, 0.29) is 17.4 Å². The summed E-state index contributed by atoms with van der Waals surface area (Å²) in [7, 11) is 0. The van der Waals surface area contributed by atoms with Gasteiger partial charge >= 0.3 is 0 Å². The maximum Gasteiger partial charge on any atom is 0.227 e. The largest absolute Gasteiger partial charge is 0.353 e. The van der Waals surface area contributed by atoms with Crippen LogP contribution in [0.2, 0.25) is 0 Å². The van der Waals surface area contributed by atoms with Gasteiger partial charge in [0.1, 0.15) is 0 Å². The number of amides is 1. The van der Waals surface area contributed by atoms with Crippen molar-refractivity contribution >= 4 is 5.91 Å². The van der Waals surface area contributed by atoms with E-state index in [4.69, 9.17) is 5.73 Å². The van der Waals surface area contributed by atoms with Gasteiger partial charge in [-0.25, -0.2) is 0 Å². The molecule has 1 aliphatic rings. The monoisotopic (exact) mass is 198 g/mol. The molecule has 1 amide bonds. The van der Waals surface area contributed by atoms with Crippen molar-refractivity contribution in [2.45, 2.75) is 46.1 Å². The Morgan fingerprint density at radius 2 is 2.00 bits per heavy atom. The average molecular weight is 198 g/mol. The van der Waals surface area contributed by atoms with Crippen LogP contribution in [0.3, 0.4) is 0 Å². The van der Waals surface area contributed by atoms with E-state index in [1.165, 1.54) is 0 Å². The predicted octanol–water partition coefficient (Wildman–Crippen LogP) is 1.28. The fourth-order valence-corrected chi connectivity index (χ4v) is 1.65. The first kappa shape index (κ1) is 11.5. The molecule has 0 aromatic carbocycles. The molecule has 1 saturated carbocycles. The first-order valence-corrected chi connectivity index (χ1v) is 5.53. The van der Waals surface area contributed by atoms with Gasteiger partial charge in [0.05, 0.1) is 5.41 Å². The maximum absolute atomic E-state index is 11.9. The molecule has 1 fully saturated rings. The van der Waals surface area contributed by atoms with Crippen LogP contribution in [0.4, 0.5) is 0 Å². The summed E-state index contributed by atoms with van der Waals surface area (Å²) in [5, 5.41) is 3.05. The van der Waals surface area contributed by atoms with Crippen LogP contribution in [0.25, 0.3) is 0 Å². The summed E-state index contributed by atoms with van der Waals surface area (Å²) in [5.41, 5.74) is 5.43. The molecule has 0 radical (unpaired) electrons. The highest BCUT2D eigenvalue weighted by Gasteiger charge is 2.43. The van der Waals surface area contributed by atoms with Crippen molar-refractivity contribution < 1.29 is 4.79 Å². The number of carbonyl (C=O) groups excluding carboxylic acids is 1. The molecule has 82 valence electrons. The van der Waals surface area contributed by atoms with Crippen LogP contribution in [0.5, 0.6) is 0 Å². The van der Waals surface area contributed by atoms with E-state index < -0.39 is 0 Å². The molecule has 0 bridgehead atoms. The van der Waals surface area contributed by atoms with Gasteiger partial charge in [-0.2, -0.15) is 0 Å². The molecule has 3 nitrogen and oxygen atoms in total. The third-order valence-electron chi connectivity index (χ3n) is 3.54. The smallest absolute Gasteiger partial charge is 0.227 e. The van der Waals surface area contributed by atoms with Crippen molar-refractivity contribution in [1.82, 2.24) is 5.32 Å². The lowest BCUT2D eigenvalue weighted by Gasteiger charge is -2.40. The lowest BCUT2D eigenvalue weighted by molar-refractivity contribution is -0.136.